The fraction of sp³-hybridized carbons (Fsp3) is 0.958. The smallest absolute Gasteiger partial charge is 0.225 e. The van der Waals surface area contributed by atoms with Crippen molar-refractivity contribution in [2.75, 3.05) is 13.1 Å². The molecule has 0 aliphatic rings. The Balaban J connectivity index is 3.80. The monoisotopic (exact) mass is 367 g/mol. The van der Waals surface area contributed by atoms with Crippen LogP contribution < -0.4 is 0 Å². The zero-order valence-corrected chi connectivity index (χ0v) is 18.7. The number of carbonyl (C=O) groups is 1. The molecule has 0 aliphatic heterocycles. The van der Waals surface area contributed by atoms with E-state index in [0.717, 1.165) is 13.1 Å². The molecule has 0 radical (unpaired) electrons. The van der Waals surface area contributed by atoms with Crippen molar-refractivity contribution in [2.45, 2.75) is 130 Å². The Labute approximate surface area is 165 Å². The summed E-state index contributed by atoms with van der Waals surface area (Å²) in [6.07, 6.45) is 21.3. The van der Waals surface area contributed by atoms with E-state index in [4.69, 9.17) is 0 Å². The highest BCUT2D eigenvalue weighted by Gasteiger charge is 2.16. The topological polar surface area (TPSA) is 20.3 Å². The molecule has 0 heterocycles. The van der Waals surface area contributed by atoms with Crippen molar-refractivity contribution < 1.29 is 4.79 Å². The van der Waals surface area contributed by atoms with Crippen LogP contribution in [0.15, 0.2) is 0 Å². The van der Waals surface area contributed by atoms with Crippen molar-refractivity contribution in [3.63, 3.8) is 0 Å². The van der Waals surface area contributed by atoms with E-state index >= 15 is 0 Å². The lowest BCUT2D eigenvalue weighted by molar-refractivity contribution is -0.134. The largest absolute Gasteiger partial charge is 0.342 e. The molecule has 156 valence electrons. The summed E-state index contributed by atoms with van der Waals surface area (Å²) >= 11 is 0. The van der Waals surface area contributed by atoms with Crippen LogP contribution in [0.1, 0.15) is 130 Å². The molecule has 26 heavy (non-hydrogen) atoms. The van der Waals surface area contributed by atoms with Crippen LogP contribution in [0.4, 0.5) is 0 Å². The summed E-state index contributed by atoms with van der Waals surface area (Å²) < 4.78 is 0. The minimum absolute atomic E-state index is 0.137. The van der Waals surface area contributed by atoms with E-state index in [9.17, 15) is 4.79 Å². The highest BCUT2D eigenvalue weighted by Crippen LogP contribution is 2.12. The molecular formula is C24H49NO. The maximum Gasteiger partial charge on any atom is 0.225 e. The van der Waals surface area contributed by atoms with Gasteiger partial charge in [-0.05, 0) is 12.8 Å². The molecule has 2 heteroatoms. The van der Waals surface area contributed by atoms with Crippen molar-refractivity contribution in [2.24, 2.45) is 5.92 Å². The van der Waals surface area contributed by atoms with Gasteiger partial charge in [0.05, 0.1) is 0 Å². The second-order valence-corrected chi connectivity index (χ2v) is 8.43. The molecule has 0 spiro atoms. The first-order chi connectivity index (χ1) is 12.6. The Morgan fingerprint density at radius 3 is 1.19 bits per heavy atom. The van der Waals surface area contributed by atoms with Crippen LogP contribution >= 0.6 is 0 Å². The van der Waals surface area contributed by atoms with Gasteiger partial charge >= 0.3 is 0 Å². The first-order valence-corrected chi connectivity index (χ1v) is 11.9. The second-order valence-electron chi connectivity index (χ2n) is 8.43. The number of nitrogens with zero attached hydrogens (tertiary/aromatic N) is 1. The Hall–Kier alpha value is -0.530. The number of hydrogen-bond donors (Lipinski definition) is 0. The molecule has 0 atom stereocenters. The summed E-state index contributed by atoms with van der Waals surface area (Å²) in [5.74, 6) is 0.494. The number of amides is 1. The first-order valence-electron chi connectivity index (χ1n) is 11.9. The van der Waals surface area contributed by atoms with Crippen LogP contribution in [-0.4, -0.2) is 23.9 Å². The van der Waals surface area contributed by atoms with E-state index in [1.165, 1.54) is 103 Å². The molecule has 0 aromatic carbocycles. The third kappa shape index (κ3) is 15.7. The lowest BCUT2D eigenvalue weighted by atomic mass is 10.1. The van der Waals surface area contributed by atoms with E-state index in [1.807, 2.05) is 13.8 Å². The molecule has 0 bridgehead atoms. The predicted octanol–water partition coefficient (Wildman–Crippen LogP) is 7.75. The maximum absolute atomic E-state index is 12.4. The summed E-state index contributed by atoms with van der Waals surface area (Å²) in [5, 5.41) is 0. The average molecular weight is 368 g/mol. The van der Waals surface area contributed by atoms with E-state index < -0.39 is 0 Å². The van der Waals surface area contributed by atoms with Gasteiger partial charge in [-0.15, -0.1) is 0 Å². The highest BCUT2D eigenvalue weighted by molar-refractivity contribution is 5.78. The van der Waals surface area contributed by atoms with Gasteiger partial charge in [0.2, 0.25) is 5.91 Å². The van der Waals surface area contributed by atoms with E-state index in [1.54, 1.807) is 0 Å². The predicted molar refractivity (Wildman–Crippen MR) is 117 cm³/mol. The first kappa shape index (κ1) is 25.5. The zero-order chi connectivity index (χ0) is 19.5. The van der Waals surface area contributed by atoms with Crippen LogP contribution in [0, 0.1) is 5.92 Å². The number of rotatable bonds is 19. The third-order valence-electron chi connectivity index (χ3n) is 5.37. The third-order valence-corrected chi connectivity index (χ3v) is 5.37. The van der Waals surface area contributed by atoms with E-state index in [2.05, 4.69) is 18.7 Å². The van der Waals surface area contributed by atoms with Crippen LogP contribution in [-0.2, 0) is 4.79 Å². The molecule has 0 rings (SSSR count). The van der Waals surface area contributed by atoms with Crippen molar-refractivity contribution >= 4 is 5.91 Å². The van der Waals surface area contributed by atoms with Crippen LogP contribution in [0.25, 0.3) is 0 Å². The molecule has 0 saturated carbocycles. The molecular weight excluding hydrogens is 318 g/mol. The highest BCUT2D eigenvalue weighted by atomic mass is 16.2. The quantitative estimate of drug-likeness (QED) is 0.214. The summed E-state index contributed by atoms with van der Waals surface area (Å²) in [7, 11) is 0. The van der Waals surface area contributed by atoms with Crippen LogP contribution in [0.2, 0.25) is 0 Å². The van der Waals surface area contributed by atoms with Gasteiger partial charge < -0.3 is 4.90 Å². The summed E-state index contributed by atoms with van der Waals surface area (Å²) in [6.45, 7) is 10.6. The van der Waals surface area contributed by atoms with Gasteiger partial charge in [0.25, 0.3) is 0 Å². The SMILES string of the molecule is CCCCCCCCCCN(CCCCCCCCCC)C(=O)C(C)C. The van der Waals surface area contributed by atoms with Crippen LogP contribution in [0.5, 0.6) is 0 Å². The standard InChI is InChI=1S/C24H49NO/c1-5-7-9-11-13-15-17-19-21-25(24(26)23(3)4)22-20-18-16-14-12-10-8-6-2/h23H,5-22H2,1-4H3. The van der Waals surface area contributed by atoms with Crippen molar-refractivity contribution in [3.05, 3.63) is 0 Å². The van der Waals surface area contributed by atoms with Gasteiger partial charge in [0, 0.05) is 19.0 Å². The minimum atomic E-state index is 0.137. The molecule has 2 nitrogen and oxygen atoms in total. The second kappa shape index (κ2) is 19.2. The van der Waals surface area contributed by atoms with Gasteiger partial charge in [-0.25, -0.2) is 0 Å². The fourth-order valence-corrected chi connectivity index (χ4v) is 3.57. The fourth-order valence-electron chi connectivity index (χ4n) is 3.57. The lowest BCUT2D eigenvalue weighted by Gasteiger charge is -2.24. The average Bonchev–Trinajstić information content (AvgIpc) is 2.63. The van der Waals surface area contributed by atoms with Gasteiger partial charge in [-0.2, -0.15) is 0 Å². The molecule has 0 aliphatic carbocycles. The Kier molecular flexibility index (Phi) is 18.8. The Morgan fingerprint density at radius 1 is 0.577 bits per heavy atom. The maximum atomic E-state index is 12.4. The van der Waals surface area contributed by atoms with E-state index in [-0.39, 0.29) is 5.92 Å². The van der Waals surface area contributed by atoms with Crippen LogP contribution in [0.3, 0.4) is 0 Å². The van der Waals surface area contributed by atoms with Crippen molar-refractivity contribution in [1.29, 1.82) is 0 Å². The van der Waals surface area contributed by atoms with E-state index in [0.29, 0.717) is 5.91 Å². The number of hydrogen-bond acceptors (Lipinski definition) is 1. The minimum Gasteiger partial charge on any atom is -0.342 e. The Bertz CT molecular complexity index is 281. The van der Waals surface area contributed by atoms with Gasteiger partial charge in [0.15, 0.2) is 0 Å². The zero-order valence-electron chi connectivity index (χ0n) is 18.7. The molecule has 0 saturated heterocycles. The lowest BCUT2D eigenvalue weighted by Crippen LogP contribution is -2.36. The molecule has 0 aromatic heterocycles. The van der Waals surface area contributed by atoms with Crippen molar-refractivity contribution in [3.8, 4) is 0 Å². The molecule has 0 N–H and O–H groups in total. The number of carbonyl (C=O) groups excluding carboxylic acids is 1. The van der Waals surface area contributed by atoms with Gasteiger partial charge in [-0.3, -0.25) is 4.79 Å². The summed E-state index contributed by atoms with van der Waals surface area (Å²) in [6, 6.07) is 0. The Morgan fingerprint density at radius 2 is 0.885 bits per heavy atom. The number of unbranched alkanes of at least 4 members (excludes halogenated alkanes) is 14. The molecule has 1 amide bonds. The van der Waals surface area contributed by atoms with Gasteiger partial charge in [0.1, 0.15) is 0 Å². The molecule has 0 aromatic rings. The van der Waals surface area contributed by atoms with Gasteiger partial charge in [-0.1, -0.05) is 118 Å². The molecule has 0 fully saturated rings. The van der Waals surface area contributed by atoms with Crippen molar-refractivity contribution in [1.82, 2.24) is 4.90 Å². The normalized spacial score (nSPS) is 11.3. The summed E-state index contributed by atoms with van der Waals surface area (Å²) in [5.41, 5.74) is 0. The molecule has 0 unspecified atom stereocenters. The summed E-state index contributed by atoms with van der Waals surface area (Å²) in [4.78, 5) is 14.6.